The minimum Gasteiger partial charge on any atom is -0.460 e. The van der Waals surface area contributed by atoms with Crippen molar-refractivity contribution in [3.05, 3.63) is 100 Å². The number of furan rings is 1. The Balaban J connectivity index is 1.52. The summed E-state index contributed by atoms with van der Waals surface area (Å²) in [5.74, 6) is 1.08. The van der Waals surface area contributed by atoms with E-state index >= 15 is 0 Å². The van der Waals surface area contributed by atoms with Crippen molar-refractivity contribution < 1.29 is 4.42 Å². The molecule has 0 fully saturated rings. The van der Waals surface area contributed by atoms with Gasteiger partial charge in [0.15, 0.2) is 0 Å². The summed E-state index contributed by atoms with van der Waals surface area (Å²) in [6.45, 7) is 0. The summed E-state index contributed by atoms with van der Waals surface area (Å²) in [6, 6.07) is 22.7. The zero-order chi connectivity index (χ0) is 19.8. The van der Waals surface area contributed by atoms with Crippen LogP contribution in [0, 0.1) is 0 Å². The summed E-state index contributed by atoms with van der Waals surface area (Å²) >= 11 is 6.51. The summed E-state index contributed by atoms with van der Waals surface area (Å²) in [7, 11) is 0. The van der Waals surface area contributed by atoms with E-state index in [9.17, 15) is 0 Å². The van der Waals surface area contributed by atoms with Gasteiger partial charge in [-0.3, -0.25) is 0 Å². The number of halogens is 1. The van der Waals surface area contributed by atoms with Crippen LogP contribution in [0.3, 0.4) is 0 Å². The first-order valence-corrected chi connectivity index (χ1v) is 10.4. The summed E-state index contributed by atoms with van der Waals surface area (Å²) in [5.41, 5.74) is 13.1. The quantitative estimate of drug-likeness (QED) is 0.403. The number of nitrogens with two attached hydrogens (primary N) is 1. The lowest BCUT2D eigenvalue weighted by molar-refractivity contribution is 0.546. The molecule has 0 saturated heterocycles. The van der Waals surface area contributed by atoms with E-state index in [2.05, 4.69) is 54.6 Å². The molecule has 29 heavy (non-hydrogen) atoms. The standard InChI is InChI=1S/C26H22ClNO/c27-23-12-10-18(16-22(23)24(28)14-17-6-2-1-3-7-17)19-11-13-26-21(15-19)20-8-4-5-9-25(20)29-26/h1-4,6-8,10-13,15-16,24H,5,9,14,28H2. The van der Waals surface area contributed by atoms with E-state index in [1.165, 1.54) is 16.5 Å². The fourth-order valence-electron chi connectivity index (χ4n) is 4.12. The number of hydrogen-bond acceptors (Lipinski definition) is 2. The van der Waals surface area contributed by atoms with E-state index in [1.807, 2.05) is 24.3 Å². The molecule has 4 aromatic rings. The highest BCUT2D eigenvalue weighted by Crippen LogP contribution is 2.35. The Morgan fingerprint density at radius 3 is 2.62 bits per heavy atom. The van der Waals surface area contributed by atoms with E-state index in [1.54, 1.807) is 0 Å². The molecule has 0 amide bonds. The molecule has 1 atom stereocenters. The van der Waals surface area contributed by atoms with Gasteiger partial charge < -0.3 is 10.2 Å². The van der Waals surface area contributed by atoms with Gasteiger partial charge in [-0.05, 0) is 59.4 Å². The third-order valence-electron chi connectivity index (χ3n) is 5.65. The Bertz CT molecular complexity index is 1210. The van der Waals surface area contributed by atoms with Crippen LogP contribution in [0.2, 0.25) is 5.02 Å². The van der Waals surface area contributed by atoms with Gasteiger partial charge in [-0.15, -0.1) is 0 Å². The number of aryl methyl sites for hydroxylation is 1. The zero-order valence-corrected chi connectivity index (χ0v) is 16.8. The van der Waals surface area contributed by atoms with Crippen LogP contribution in [0.4, 0.5) is 0 Å². The van der Waals surface area contributed by atoms with Crippen molar-refractivity contribution in [2.24, 2.45) is 5.73 Å². The zero-order valence-electron chi connectivity index (χ0n) is 16.1. The number of fused-ring (bicyclic) bond motifs is 3. The average Bonchev–Trinajstić information content (AvgIpc) is 3.12. The molecule has 3 aromatic carbocycles. The number of rotatable bonds is 4. The van der Waals surface area contributed by atoms with E-state index in [0.29, 0.717) is 5.02 Å². The van der Waals surface area contributed by atoms with Crippen LogP contribution in [0.15, 0.2) is 77.2 Å². The van der Waals surface area contributed by atoms with Gasteiger partial charge in [0, 0.05) is 28.4 Å². The highest BCUT2D eigenvalue weighted by molar-refractivity contribution is 6.31. The molecule has 0 bridgehead atoms. The van der Waals surface area contributed by atoms with Gasteiger partial charge in [0.2, 0.25) is 0 Å². The molecule has 1 aromatic heterocycles. The van der Waals surface area contributed by atoms with Crippen LogP contribution in [0.1, 0.15) is 34.9 Å². The lowest BCUT2D eigenvalue weighted by atomic mass is 9.94. The Labute approximate surface area is 175 Å². The molecule has 0 aliphatic heterocycles. The van der Waals surface area contributed by atoms with E-state index in [-0.39, 0.29) is 6.04 Å². The molecule has 1 aliphatic carbocycles. The molecule has 2 nitrogen and oxygen atoms in total. The van der Waals surface area contributed by atoms with Gasteiger partial charge in [0.05, 0.1) is 0 Å². The maximum Gasteiger partial charge on any atom is 0.134 e. The molecule has 2 N–H and O–H groups in total. The van der Waals surface area contributed by atoms with Crippen LogP contribution < -0.4 is 5.73 Å². The Morgan fingerprint density at radius 2 is 1.76 bits per heavy atom. The molecule has 1 heterocycles. The predicted molar refractivity (Wildman–Crippen MR) is 121 cm³/mol. The highest BCUT2D eigenvalue weighted by Gasteiger charge is 2.16. The molecule has 0 radical (unpaired) electrons. The number of hydrogen-bond donors (Lipinski definition) is 1. The van der Waals surface area contributed by atoms with Crippen molar-refractivity contribution >= 4 is 28.6 Å². The lowest BCUT2D eigenvalue weighted by Crippen LogP contribution is -2.14. The van der Waals surface area contributed by atoms with Crippen molar-refractivity contribution in [3.8, 4) is 11.1 Å². The predicted octanol–water partition coefficient (Wildman–Crippen LogP) is 6.96. The molecule has 0 saturated carbocycles. The third-order valence-corrected chi connectivity index (χ3v) is 6.00. The minimum absolute atomic E-state index is 0.154. The Kier molecular flexibility index (Phi) is 4.75. The van der Waals surface area contributed by atoms with Crippen molar-refractivity contribution in [3.63, 3.8) is 0 Å². The lowest BCUT2D eigenvalue weighted by Gasteiger charge is -2.16. The second-order valence-electron chi connectivity index (χ2n) is 7.62. The van der Waals surface area contributed by atoms with Crippen molar-refractivity contribution in [2.45, 2.75) is 25.3 Å². The molecular weight excluding hydrogens is 378 g/mol. The van der Waals surface area contributed by atoms with E-state index < -0.39 is 0 Å². The molecule has 3 heteroatoms. The first kappa shape index (κ1) is 18.2. The minimum atomic E-state index is -0.154. The van der Waals surface area contributed by atoms with Gasteiger partial charge in [-0.25, -0.2) is 0 Å². The van der Waals surface area contributed by atoms with Crippen molar-refractivity contribution in [1.29, 1.82) is 0 Å². The van der Waals surface area contributed by atoms with E-state index in [4.69, 9.17) is 21.8 Å². The summed E-state index contributed by atoms with van der Waals surface area (Å²) in [6.07, 6.45) is 7.16. The molecular formula is C26H22ClNO. The Hall–Kier alpha value is -2.81. The molecule has 144 valence electrons. The summed E-state index contributed by atoms with van der Waals surface area (Å²) in [4.78, 5) is 0. The van der Waals surface area contributed by atoms with Gasteiger partial charge in [0.1, 0.15) is 11.3 Å². The Morgan fingerprint density at radius 1 is 0.966 bits per heavy atom. The first-order chi connectivity index (χ1) is 14.2. The third kappa shape index (κ3) is 3.50. The fourth-order valence-corrected chi connectivity index (χ4v) is 4.37. The molecule has 5 rings (SSSR count). The average molecular weight is 400 g/mol. The van der Waals surface area contributed by atoms with Crippen molar-refractivity contribution in [2.75, 3.05) is 0 Å². The molecule has 0 spiro atoms. The van der Waals surface area contributed by atoms with Crippen LogP contribution in [0.5, 0.6) is 0 Å². The first-order valence-electron chi connectivity index (χ1n) is 10.0. The highest BCUT2D eigenvalue weighted by atomic mass is 35.5. The van der Waals surface area contributed by atoms with Gasteiger partial charge >= 0.3 is 0 Å². The second-order valence-corrected chi connectivity index (χ2v) is 8.03. The van der Waals surface area contributed by atoms with Crippen LogP contribution in [-0.4, -0.2) is 0 Å². The van der Waals surface area contributed by atoms with E-state index in [0.717, 1.165) is 47.3 Å². The monoisotopic (exact) mass is 399 g/mol. The molecule has 1 unspecified atom stereocenters. The largest absolute Gasteiger partial charge is 0.460 e. The van der Waals surface area contributed by atoms with Crippen molar-refractivity contribution in [1.82, 2.24) is 0 Å². The van der Waals surface area contributed by atoms with Gasteiger partial charge in [-0.2, -0.15) is 0 Å². The number of benzene rings is 3. The van der Waals surface area contributed by atoms with Gasteiger partial charge in [-0.1, -0.05) is 66.2 Å². The maximum absolute atomic E-state index is 6.53. The SMILES string of the molecule is NC(Cc1ccccc1)c1cc(-c2ccc3oc4c(c3c2)C=CCC4)ccc1Cl. The van der Waals surface area contributed by atoms with Crippen LogP contribution >= 0.6 is 11.6 Å². The fraction of sp³-hybridized carbons (Fsp3) is 0.154. The smallest absolute Gasteiger partial charge is 0.134 e. The topological polar surface area (TPSA) is 39.2 Å². The second kappa shape index (κ2) is 7.55. The molecule has 1 aliphatic rings. The summed E-state index contributed by atoms with van der Waals surface area (Å²) < 4.78 is 6.04. The maximum atomic E-state index is 6.53. The summed E-state index contributed by atoms with van der Waals surface area (Å²) in [5, 5.41) is 1.88. The number of allylic oxidation sites excluding steroid dienone is 1. The van der Waals surface area contributed by atoms with Gasteiger partial charge in [0.25, 0.3) is 0 Å². The van der Waals surface area contributed by atoms with Crippen LogP contribution in [-0.2, 0) is 12.8 Å². The normalized spacial score (nSPS) is 14.1. The van der Waals surface area contributed by atoms with Crippen LogP contribution in [0.25, 0.3) is 28.2 Å².